The molecule has 4 nitrogen and oxygen atoms in total. The lowest BCUT2D eigenvalue weighted by molar-refractivity contribution is 0.0727. The van der Waals surface area contributed by atoms with Crippen molar-refractivity contribution in [1.29, 1.82) is 0 Å². The molecule has 0 spiro atoms. The number of hydrogen-bond donors (Lipinski definition) is 0. The molecule has 3 aromatic rings. The van der Waals surface area contributed by atoms with Crippen molar-refractivity contribution in [1.82, 2.24) is 9.88 Å². The van der Waals surface area contributed by atoms with Crippen LogP contribution in [0.4, 0.5) is 0 Å². The SMILES string of the molecule is COc1ccc(CN2CCc3cc4nccc(Cl)c4cc3C2=O)cc1. The van der Waals surface area contributed by atoms with Gasteiger partial charge in [-0.25, -0.2) is 0 Å². The van der Waals surface area contributed by atoms with E-state index >= 15 is 0 Å². The predicted molar refractivity (Wildman–Crippen MR) is 98.2 cm³/mol. The van der Waals surface area contributed by atoms with Gasteiger partial charge in [-0.05, 0) is 47.9 Å². The largest absolute Gasteiger partial charge is 0.497 e. The minimum atomic E-state index is 0.0406. The van der Waals surface area contributed by atoms with Crippen molar-refractivity contribution in [2.75, 3.05) is 13.7 Å². The van der Waals surface area contributed by atoms with Gasteiger partial charge in [-0.1, -0.05) is 23.7 Å². The van der Waals surface area contributed by atoms with Gasteiger partial charge in [0.05, 0.1) is 17.6 Å². The highest BCUT2D eigenvalue weighted by Crippen LogP contribution is 2.29. The van der Waals surface area contributed by atoms with E-state index < -0.39 is 0 Å². The number of hydrogen-bond acceptors (Lipinski definition) is 3. The molecule has 0 fully saturated rings. The maximum absolute atomic E-state index is 12.9. The van der Waals surface area contributed by atoms with Crippen molar-refractivity contribution in [2.24, 2.45) is 0 Å². The highest BCUT2D eigenvalue weighted by molar-refractivity contribution is 6.35. The van der Waals surface area contributed by atoms with Crippen LogP contribution in [0.3, 0.4) is 0 Å². The van der Waals surface area contributed by atoms with Gasteiger partial charge in [0.1, 0.15) is 5.75 Å². The molecular weight excluding hydrogens is 336 g/mol. The van der Waals surface area contributed by atoms with Crippen molar-refractivity contribution >= 4 is 28.4 Å². The molecule has 2 heterocycles. The topological polar surface area (TPSA) is 42.4 Å². The maximum atomic E-state index is 12.9. The first kappa shape index (κ1) is 15.9. The van der Waals surface area contributed by atoms with Crippen LogP contribution in [0.2, 0.25) is 5.02 Å². The Bertz CT molecular complexity index is 954. The average Bonchev–Trinajstić information content (AvgIpc) is 2.64. The second kappa shape index (κ2) is 6.37. The first-order chi connectivity index (χ1) is 12.2. The molecule has 1 aromatic heterocycles. The Morgan fingerprint density at radius 1 is 1.20 bits per heavy atom. The zero-order valence-corrected chi connectivity index (χ0v) is 14.6. The molecule has 0 saturated carbocycles. The molecule has 0 N–H and O–H groups in total. The lowest BCUT2D eigenvalue weighted by atomic mass is 9.96. The summed E-state index contributed by atoms with van der Waals surface area (Å²) in [5, 5.41) is 1.44. The number of methoxy groups -OCH3 is 1. The van der Waals surface area contributed by atoms with Gasteiger partial charge in [0.2, 0.25) is 0 Å². The summed E-state index contributed by atoms with van der Waals surface area (Å²) in [7, 11) is 1.64. The standard InChI is InChI=1S/C20H17ClN2O2/c1-25-15-4-2-13(3-5-15)12-23-9-7-14-10-19-17(11-16(14)20(23)24)18(21)6-8-22-19/h2-6,8,10-11H,7,9,12H2,1H3. The number of pyridine rings is 1. The molecule has 0 saturated heterocycles. The number of rotatable bonds is 3. The van der Waals surface area contributed by atoms with Crippen LogP contribution in [0.1, 0.15) is 21.5 Å². The molecule has 1 aliphatic heterocycles. The van der Waals surface area contributed by atoms with Gasteiger partial charge in [-0.3, -0.25) is 9.78 Å². The molecular formula is C20H17ClN2O2. The number of fused-ring (bicyclic) bond motifs is 2. The molecule has 0 unspecified atom stereocenters. The molecule has 0 atom stereocenters. The van der Waals surface area contributed by atoms with Gasteiger partial charge in [0, 0.05) is 30.2 Å². The molecule has 0 aliphatic carbocycles. The highest BCUT2D eigenvalue weighted by Gasteiger charge is 2.25. The third-order valence-electron chi connectivity index (χ3n) is 4.61. The van der Waals surface area contributed by atoms with Crippen LogP contribution in [0.15, 0.2) is 48.7 Å². The van der Waals surface area contributed by atoms with Gasteiger partial charge < -0.3 is 9.64 Å². The minimum absolute atomic E-state index is 0.0406. The quantitative estimate of drug-likeness (QED) is 0.712. The Morgan fingerprint density at radius 2 is 2.00 bits per heavy atom. The van der Waals surface area contributed by atoms with Crippen molar-refractivity contribution in [2.45, 2.75) is 13.0 Å². The number of benzene rings is 2. The van der Waals surface area contributed by atoms with E-state index in [-0.39, 0.29) is 5.91 Å². The number of ether oxygens (including phenoxy) is 1. The summed E-state index contributed by atoms with van der Waals surface area (Å²) in [6.45, 7) is 1.28. The normalized spacial score (nSPS) is 13.8. The average molecular weight is 353 g/mol. The van der Waals surface area contributed by atoms with E-state index in [0.29, 0.717) is 18.1 Å². The second-order valence-corrected chi connectivity index (χ2v) is 6.55. The number of amides is 1. The molecule has 126 valence electrons. The van der Waals surface area contributed by atoms with Crippen molar-refractivity contribution < 1.29 is 9.53 Å². The summed E-state index contributed by atoms with van der Waals surface area (Å²) >= 11 is 6.27. The summed E-state index contributed by atoms with van der Waals surface area (Å²) in [4.78, 5) is 19.2. The zero-order valence-electron chi connectivity index (χ0n) is 13.8. The van der Waals surface area contributed by atoms with E-state index in [1.165, 1.54) is 0 Å². The zero-order chi connectivity index (χ0) is 17.4. The molecule has 25 heavy (non-hydrogen) atoms. The fraction of sp³-hybridized carbons (Fsp3) is 0.200. The Hall–Kier alpha value is -2.59. The Kier molecular flexibility index (Phi) is 4.06. The third kappa shape index (κ3) is 2.94. The van der Waals surface area contributed by atoms with Crippen LogP contribution >= 0.6 is 11.6 Å². The number of aromatic nitrogens is 1. The highest BCUT2D eigenvalue weighted by atomic mass is 35.5. The second-order valence-electron chi connectivity index (χ2n) is 6.14. The van der Waals surface area contributed by atoms with Gasteiger partial charge >= 0.3 is 0 Å². The van der Waals surface area contributed by atoms with Crippen LogP contribution < -0.4 is 4.74 Å². The number of carbonyl (C=O) groups excluding carboxylic acids is 1. The van der Waals surface area contributed by atoms with Crippen molar-refractivity contribution in [3.8, 4) is 5.75 Å². The summed E-state index contributed by atoms with van der Waals surface area (Å²) in [6.07, 6.45) is 2.51. The van der Waals surface area contributed by atoms with Crippen LogP contribution in [0.5, 0.6) is 5.75 Å². The molecule has 0 bridgehead atoms. The lowest BCUT2D eigenvalue weighted by Crippen LogP contribution is -2.37. The van der Waals surface area contributed by atoms with Gasteiger partial charge in [-0.2, -0.15) is 0 Å². The fourth-order valence-corrected chi connectivity index (χ4v) is 3.45. The summed E-state index contributed by atoms with van der Waals surface area (Å²) in [5.41, 5.74) is 3.68. The van der Waals surface area contributed by atoms with Crippen molar-refractivity contribution in [3.05, 3.63) is 70.4 Å². The fourth-order valence-electron chi connectivity index (χ4n) is 3.24. The van der Waals surface area contributed by atoms with Gasteiger partial charge in [-0.15, -0.1) is 0 Å². The van der Waals surface area contributed by atoms with Crippen LogP contribution in [-0.4, -0.2) is 29.4 Å². The molecule has 1 amide bonds. The third-order valence-corrected chi connectivity index (χ3v) is 4.94. The summed E-state index contributed by atoms with van der Waals surface area (Å²) < 4.78 is 5.18. The monoisotopic (exact) mass is 352 g/mol. The Balaban J connectivity index is 1.64. The van der Waals surface area contributed by atoms with E-state index in [1.54, 1.807) is 19.4 Å². The molecule has 4 rings (SSSR count). The van der Waals surface area contributed by atoms with E-state index in [0.717, 1.165) is 39.8 Å². The summed E-state index contributed by atoms with van der Waals surface area (Å²) in [6, 6.07) is 13.4. The number of halogens is 1. The molecule has 2 aromatic carbocycles. The van der Waals surface area contributed by atoms with Crippen LogP contribution in [0, 0.1) is 0 Å². The Labute approximate surface area is 151 Å². The minimum Gasteiger partial charge on any atom is -0.497 e. The lowest BCUT2D eigenvalue weighted by Gasteiger charge is -2.29. The van der Waals surface area contributed by atoms with Gasteiger partial charge in [0.25, 0.3) is 5.91 Å². The predicted octanol–water partition coefficient (Wildman–Crippen LogP) is 4.10. The molecule has 1 aliphatic rings. The first-order valence-electron chi connectivity index (χ1n) is 8.15. The number of nitrogens with zero attached hydrogens (tertiary/aromatic N) is 2. The summed E-state index contributed by atoms with van der Waals surface area (Å²) in [5.74, 6) is 0.853. The van der Waals surface area contributed by atoms with E-state index in [4.69, 9.17) is 16.3 Å². The molecule has 0 radical (unpaired) electrons. The number of carbonyl (C=O) groups is 1. The Morgan fingerprint density at radius 3 is 2.76 bits per heavy atom. The maximum Gasteiger partial charge on any atom is 0.254 e. The van der Waals surface area contributed by atoms with E-state index in [9.17, 15) is 4.79 Å². The smallest absolute Gasteiger partial charge is 0.254 e. The van der Waals surface area contributed by atoms with Crippen molar-refractivity contribution in [3.63, 3.8) is 0 Å². The van der Waals surface area contributed by atoms with E-state index in [1.807, 2.05) is 41.3 Å². The first-order valence-corrected chi connectivity index (χ1v) is 8.53. The van der Waals surface area contributed by atoms with E-state index in [2.05, 4.69) is 4.98 Å². The molecule has 5 heteroatoms. The van der Waals surface area contributed by atoms with Crippen LogP contribution in [-0.2, 0) is 13.0 Å². The van der Waals surface area contributed by atoms with Gasteiger partial charge in [0.15, 0.2) is 0 Å². The van der Waals surface area contributed by atoms with Crippen LogP contribution in [0.25, 0.3) is 10.9 Å².